The van der Waals surface area contributed by atoms with E-state index in [-0.39, 0.29) is 5.91 Å². The van der Waals surface area contributed by atoms with Crippen molar-refractivity contribution >= 4 is 28.3 Å². The van der Waals surface area contributed by atoms with Gasteiger partial charge in [0, 0.05) is 35.9 Å². The average Bonchev–Trinajstić information content (AvgIpc) is 3.40. The Morgan fingerprint density at radius 3 is 2.48 bits per heavy atom. The Morgan fingerprint density at radius 1 is 0.871 bits per heavy atom. The van der Waals surface area contributed by atoms with Crippen molar-refractivity contribution in [2.24, 2.45) is 0 Å². The van der Waals surface area contributed by atoms with E-state index >= 15 is 0 Å². The van der Waals surface area contributed by atoms with Crippen LogP contribution in [0.1, 0.15) is 79.0 Å². The number of imidazole rings is 1. The first-order valence-electron chi connectivity index (χ1n) is 12.0. The van der Waals surface area contributed by atoms with Crippen molar-refractivity contribution in [3.63, 3.8) is 0 Å². The van der Waals surface area contributed by atoms with E-state index in [1.165, 1.54) is 57.1 Å². The summed E-state index contributed by atoms with van der Waals surface area (Å²) in [5.74, 6) is 1.77. The Morgan fingerprint density at radius 2 is 1.65 bits per heavy atom. The number of fused-ring (bicyclic) bond motifs is 2. The molecule has 160 valence electrons. The van der Waals surface area contributed by atoms with Crippen LogP contribution >= 0.6 is 0 Å². The summed E-state index contributed by atoms with van der Waals surface area (Å²) < 4.78 is 0. The molecular weight excluding hydrogens is 384 g/mol. The molecule has 2 fully saturated rings. The van der Waals surface area contributed by atoms with Crippen LogP contribution in [0.25, 0.3) is 11.0 Å². The number of aromatic nitrogens is 2. The van der Waals surface area contributed by atoms with E-state index in [0.29, 0.717) is 12.5 Å². The number of hydrogen-bond donors (Lipinski definition) is 1. The number of anilines is 2. The van der Waals surface area contributed by atoms with Gasteiger partial charge in [-0.3, -0.25) is 4.79 Å². The van der Waals surface area contributed by atoms with Gasteiger partial charge < -0.3 is 14.8 Å². The van der Waals surface area contributed by atoms with Crippen LogP contribution < -0.4 is 9.80 Å². The number of nitrogens with one attached hydrogen (secondary N) is 1. The molecule has 3 aliphatic rings. The zero-order valence-corrected chi connectivity index (χ0v) is 18.1. The Kier molecular flexibility index (Phi) is 4.70. The first kappa shape index (κ1) is 18.9. The first-order chi connectivity index (χ1) is 15.3. The van der Waals surface area contributed by atoms with Gasteiger partial charge in [0.05, 0.1) is 17.6 Å². The van der Waals surface area contributed by atoms with Crippen LogP contribution in [0.15, 0.2) is 36.4 Å². The second-order valence-corrected chi connectivity index (χ2v) is 9.44. The van der Waals surface area contributed by atoms with E-state index < -0.39 is 0 Å². The van der Waals surface area contributed by atoms with Crippen LogP contribution in [0, 0.1) is 0 Å². The molecule has 0 spiro atoms. The second kappa shape index (κ2) is 7.70. The number of nitrogens with zero attached hydrogens (tertiary/aromatic N) is 3. The van der Waals surface area contributed by atoms with E-state index in [4.69, 9.17) is 4.98 Å². The van der Waals surface area contributed by atoms with E-state index in [1.54, 1.807) is 0 Å². The number of hydrogen-bond acceptors (Lipinski definition) is 3. The van der Waals surface area contributed by atoms with Gasteiger partial charge in [-0.1, -0.05) is 19.3 Å². The van der Waals surface area contributed by atoms with E-state index in [2.05, 4.69) is 34.1 Å². The minimum Gasteiger partial charge on any atom is -0.372 e. The number of aromatic amines is 1. The van der Waals surface area contributed by atoms with E-state index in [0.717, 1.165) is 46.8 Å². The Bertz CT molecular complexity index is 1120. The van der Waals surface area contributed by atoms with Gasteiger partial charge in [0.25, 0.3) is 5.91 Å². The van der Waals surface area contributed by atoms with Gasteiger partial charge in [0.2, 0.25) is 0 Å². The van der Waals surface area contributed by atoms with Crippen LogP contribution in [-0.4, -0.2) is 29.0 Å². The maximum Gasteiger partial charge on any atom is 0.258 e. The summed E-state index contributed by atoms with van der Waals surface area (Å²) in [5.41, 5.74) is 6.23. The van der Waals surface area contributed by atoms with Crippen LogP contribution in [0.4, 0.5) is 11.4 Å². The highest BCUT2D eigenvalue weighted by atomic mass is 16.2. The molecule has 1 aliphatic carbocycles. The maximum atomic E-state index is 13.2. The number of carbonyl (C=O) groups excluding carboxylic acids is 1. The lowest BCUT2D eigenvalue weighted by Crippen LogP contribution is -2.29. The number of H-pyrrole nitrogens is 1. The molecule has 31 heavy (non-hydrogen) atoms. The molecule has 3 aromatic rings. The minimum absolute atomic E-state index is 0.103. The molecule has 3 heterocycles. The molecular formula is C26H30N4O. The van der Waals surface area contributed by atoms with Crippen LogP contribution in [0.3, 0.4) is 0 Å². The van der Waals surface area contributed by atoms with Crippen molar-refractivity contribution in [2.75, 3.05) is 22.9 Å². The fraction of sp³-hybridized carbons (Fsp3) is 0.462. The topological polar surface area (TPSA) is 52.2 Å². The molecule has 1 saturated heterocycles. The van der Waals surface area contributed by atoms with Gasteiger partial charge in [-0.2, -0.15) is 0 Å². The van der Waals surface area contributed by atoms with Crippen LogP contribution in [0.2, 0.25) is 0 Å². The van der Waals surface area contributed by atoms with E-state index in [1.807, 2.05) is 17.0 Å². The smallest absolute Gasteiger partial charge is 0.258 e. The summed E-state index contributed by atoms with van der Waals surface area (Å²) in [6.07, 6.45) is 10.2. The molecule has 6 rings (SSSR count). The second-order valence-electron chi connectivity index (χ2n) is 9.44. The first-order valence-corrected chi connectivity index (χ1v) is 12.0. The van der Waals surface area contributed by atoms with Gasteiger partial charge in [-0.05, 0) is 74.1 Å². The summed E-state index contributed by atoms with van der Waals surface area (Å²) in [6, 6.07) is 12.6. The summed E-state index contributed by atoms with van der Waals surface area (Å²) in [6.45, 7) is 2.89. The highest BCUT2D eigenvalue weighted by Gasteiger charge is 2.30. The van der Waals surface area contributed by atoms with Crippen molar-refractivity contribution in [1.29, 1.82) is 0 Å². The van der Waals surface area contributed by atoms with Crippen molar-refractivity contribution in [3.8, 4) is 0 Å². The molecule has 2 aliphatic heterocycles. The number of benzene rings is 2. The molecule has 1 N–H and O–H groups in total. The highest BCUT2D eigenvalue weighted by molar-refractivity contribution is 6.10. The molecule has 0 unspecified atom stereocenters. The van der Waals surface area contributed by atoms with Crippen LogP contribution in [-0.2, 0) is 6.54 Å². The monoisotopic (exact) mass is 414 g/mol. The fourth-order valence-corrected chi connectivity index (χ4v) is 5.62. The normalized spacial score (nSPS) is 19.9. The minimum atomic E-state index is 0.103. The number of amides is 1. The number of carbonyl (C=O) groups is 1. The molecule has 1 aromatic heterocycles. The SMILES string of the molecule is O=C1c2ccc(N3CCCCC3)cc2CN1c1ccc2nc(C3CCCCC3)[nH]c2c1. The van der Waals surface area contributed by atoms with Crippen molar-refractivity contribution < 1.29 is 4.79 Å². The van der Waals surface area contributed by atoms with Gasteiger partial charge in [-0.25, -0.2) is 4.98 Å². The van der Waals surface area contributed by atoms with Gasteiger partial charge in [-0.15, -0.1) is 0 Å². The average molecular weight is 415 g/mol. The Hall–Kier alpha value is -2.82. The summed E-state index contributed by atoms with van der Waals surface area (Å²) in [5, 5.41) is 0. The maximum absolute atomic E-state index is 13.2. The number of piperidine rings is 1. The summed E-state index contributed by atoms with van der Waals surface area (Å²) in [7, 11) is 0. The van der Waals surface area contributed by atoms with Crippen LogP contribution in [0.5, 0.6) is 0 Å². The van der Waals surface area contributed by atoms with E-state index in [9.17, 15) is 4.79 Å². The lowest BCUT2D eigenvalue weighted by molar-refractivity contribution is 0.0996. The molecule has 1 amide bonds. The molecule has 0 radical (unpaired) electrons. The lowest BCUT2D eigenvalue weighted by atomic mass is 9.89. The van der Waals surface area contributed by atoms with Crippen molar-refractivity contribution in [3.05, 3.63) is 53.3 Å². The molecule has 0 atom stereocenters. The lowest BCUT2D eigenvalue weighted by Gasteiger charge is -2.29. The Labute approximate surface area is 183 Å². The fourth-order valence-electron chi connectivity index (χ4n) is 5.62. The predicted octanol–water partition coefficient (Wildman–Crippen LogP) is 5.76. The molecule has 5 heteroatoms. The summed E-state index contributed by atoms with van der Waals surface area (Å²) >= 11 is 0. The van der Waals surface area contributed by atoms with Crippen molar-refractivity contribution in [1.82, 2.24) is 9.97 Å². The summed E-state index contributed by atoms with van der Waals surface area (Å²) in [4.78, 5) is 25.9. The number of rotatable bonds is 3. The third-order valence-electron chi connectivity index (χ3n) is 7.40. The molecule has 5 nitrogen and oxygen atoms in total. The van der Waals surface area contributed by atoms with Gasteiger partial charge in [0.15, 0.2) is 0 Å². The Balaban J connectivity index is 1.26. The third-order valence-corrected chi connectivity index (χ3v) is 7.40. The standard InChI is InChI=1S/C26H30N4O/c31-26-22-11-9-20(29-13-5-2-6-14-29)15-19(22)17-30(26)21-10-12-23-24(16-21)28-25(27-23)18-7-3-1-4-8-18/h9-12,15-16,18H,1-8,13-14,17H2,(H,27,28). The van der Waals surface area contributed by atoms with Gasteiger partial charge in [0.1, 0.15) is 5.82 Å². The molecule has 2 aromatic carbocycles. The van der Waals surface area contributed by atoms with Crippen molar-refractivity contribution in [2.45, 2.75) is 63.8 Å². The quantitative estimate of drug-likeness (QED) is 0.593. The highest BCUT2D eigenvalue weighted by Crippen LogP contribution is 2.35. The third kappa shape index (κ3) is 3.40. The zero-order valence-electron chi connectivity index (χ0n) is 18.1. The molecule has 1 saturated carbocycles. The largest absolute Gasteiger partial charge is 0.372 e. The molecule has 0 bridgehead atoms. The zero-order chi connectivity index (χ0) is 20.8. The van der Waals surface area contributed by atoms with Gasteiger partial charge >= 0.3 is 0 Å². The predicted molar refractivity (Wildman–Crippen MR) is 125 cm³/mol.